The molecule has 0 aliphatic heterocycles. The summed E-state index contributed by atoms with van der Waals surface area (Å²) in [6.45, 7) is 0. The van der Waals surface area contributed by atoms with Crippen LogP contribution < -0.4 is 9.80 Å². The minimum absolute atomic E-state index is 0.870. The Morgan fingerprint density at radius 2 is 0.586 bits per heavy atom. The van der Waals surface area contributed by atoms with Crippen molar-refractivity contribution in [1.29, 1.82) is 0 Å². The van der Waals surface area contributed by atoms with E-state index in [2.05, 4.69) is 204 Å². The lowest BCUT2D eigenvalue weighted by Gasteiger charge is -2.26. The standard InChI is InChI=1S/C54H36N2O2/c1-3-15-41(16-4-1)55(45-29-31-49-47-21-7-9-23-51(47)57-53(49)35-45)43-19-11-13-39(33-43)37-25-27-38(28-26-37)40-14-12-20-44(34-40)56(42-17-5-2-6-18-42)46-30-32-50-48-22-8-10-24-52(48)58-54(50)36-46/h1-36H. The number of anilines is 6. The highest BCUT2D eigenvalue weighted by Crippen LogP contribution is 2.42. The van der Waals surface area contributed by atoms with Crippen LogP contribution in [0.3, 0.4) is 0 Å². The van der Waals surface area contributed by atoms with Gasteiger partial charge in [0.25, 0.3) is 0 Å². The molecule has 2 aromatic heterocycles. The summed E-state index contributed by atoms with van der Waals surface area (Å²) in [4.78, 5) is 4.58. The summed E-state index contributed by atoms with van der Waals surface area (Å²) in [7, 11) is 0. The molecule has 0 saturated carbocycles. The topological polar surface area (TPSA) is 32.8 Å². The van der Waals surface area contributed by atoms with E-state index in [1.54, 1.807) is 0 Å². The van der Waals surface area contributed by atoms with Gasteiger partial charge in [-0.3, -0.25) is 0 Å². The molecule has 0 amide bonds. The normalized spacial score (nSPS) is 11.4. The Hall–Kier alpha value is -7.82. The molecule has 0 aliphatic rings. The summed E-state index contributed by atoms with van der Waals surface area (Å²) >= 11 is 0. The predicted octanol–water partition coefficient (Wildman–Crippen LogP) is 15.8. The van der Waals surface area contributed by atoms with Crippen LogP contribution in [0, 0.1) is 0 Å². The SMILES string of the molecule is c1ccc(N(c2cccc(-c3ccc(-c4cccc(N(c5ccccc5)c5ccc6c(c5)oc5ccccc56)c4)cc3)c2)c2ccc3c(c2)oc2ccccc23)cc1. The first kappa shape index (κ1) is 33.5. The molecule has 0 fully saturated rings. The molecule has 0 aliphatic carbocycles. The number of furan rings is 2. The van der Waals surface area contributed by atoms with Gasteiger partial charge in [-0.2, -0.15) is 0 Å². The van der Waals surface area contributed by atoms with Gasteiger partial charge >= 0.3 is 0 Å². The average molecular weight is 745 g/mol. The van der Waals surface area contributed by atoms with Crippen LogP contribution in [0.2, 0.25) is 0 Å². The van der Waals surface area contributed by atoms with Crippen LogP contribution in [0.5, 0.6) is 0 Å². The largest absolute Gasteiger partial charge is 0.456 e. The molecule has 9 aromatic carbocycles. The molecule has 11 rings (SSSR count). The van der Waals surface area contributed by atoms with E-state index in [0.717, 1.165) is 100 Å². The minimum Gasteiger partial charge on any atom is -0.456 e. The van der Waals surface area contributed by atoms with Crippen LogP contribution >= 0.6 is 0 Å². The fourth-order valence-corrected chi connectivity index (χ4v) is 8.26. The Morgan fingerprint density at radius 1 is 0.224 bits per heavy atom. The quantitative estimate of drug-likeness (QED) is 0.155. The Bertz CT molecular complexity index is 3020. The van der Waals surface area contributed by atoms with Crippen molar-refractivity contribution in [3.05, 3.63) is 218 Å². The van der Waals surface area contributed by atoms with Gasteiger partial charge in [0.05, 0.1) is 0 Å². The van der Waals surface area contributed by atoms with E-state index in [1.165, 1.54) is 0 Å². The molecule has 4 nitrogen and oxygen atoms in total. The highest BCUT2D eigenvalue weighted by molar-refractivity contribution is 6.07. The summed E-state index contributed by atoms with van der Waals surface area (Å²) in [5, 5.41) is 4.48. The Balaban J connectivity index is 0.930. The maximum absolute atomic E-state index is 6.31. The van der Waals surface area contributed by atoms with E-state index in [9.17, 15) is 0 Å². The van der Waals surface area contributed by atoms with Crippen molar-refractivity contribution in [3.63, 3.8) is 0 Å². The first-order chi connectivity index (χ1) is 28.7. The molecule has 0 bridgehead atoms. The molecular formula is C54H36N2O2. The summed E-state index contributed by atoms with van der Waals surface area (Å²) in [5.74, 6) is 0. The zero-order valence-corrected chi connectivity index (χ0v) is 31.5. The zero-order chi connectivity index (χ0) is 38.4. The van der Waals surface area contributed by atoms with Crippen molar-refractivity contribution in [3.8, 4) is 22.3 Å². The maximum Gasteiger partial charge on any atom is 0.137 e. The van der Waals surface area contributed by atoms with Crippen LogP contribution in [-0.2, 0) is 0 Å². The average Bonchev–Trinajstić information content (AvgIpc) is 3.85. The van der Waals surface area contributed by atoms with Crippen molar-refractivity contribution >= 4 is 78.0 Å². The Labute approximate surface area is 336 Å². The van der Waals surface area contributed by atoms with Gasteiger partial charge in [0.1, 0.15) is 22.3 Å². The van der Waals surface area contributed by atoms with Gasteiger partial charge in [-0.15, -0.1) is 0 Å². The molecular weight excluding hydrogens is 709 g/mol. The molecule has 0 atom stereocenters. The Kier molecular flexibility index (Phi) is 8.11. The van der Waals surface area contributed by atoms with Crippen molar-refractivity contribution in [2.75, 3.05) is 9.80 Å². The maximum atomic E-state index is 6.31. The number of rotatable bonds is 8. The number of hydrogen-bond acceptors (Lipinski definition) is 4. The first-order valence-electron chi connectivity index (χ1n) is 19.6. The van der Waals surface area contributed by atoms with E-state index in [-0.39, 0.29) is 0 Å². The van der Waals surface area contributed by atoms with E-state index in [0.29, 0.717) is 0 Å². The lowest BCUT2D eigenvalue weighted by Crippen LogP contribution is -2.09. The van der Waals surface area contributed by atoms with Gasteiger partial charge in [0, 0.05) is 67.8 Å². The highest BCUT2D eigenvalue weighted by Gasteiger charge is 2.18. The van der Waals surface area contributed by atoms with Crippen LogP contribution in [0.15, 0.2) is 227 Å². The summed E-state index contributed by atoms with van der Waals surface area (Å²) in [6.07, 6.45) is 0. The fourth-order valence-electron chi connectivity index (χ4n) is 8.26. The van der Waals surface area contributed by atoms with Gasteiger partial charge in [-0.1, -0.05) is 121 Å². The van der Waals surface area contributed by atoms with E-state index >= 15 is 0 Å². The Morgan fingerprint density at radius 3 is 1.03 bits per heavy atom. The third-order valence-corrected chi connectivity index (χ3v) is 11.0. The van der Waals surface area contributed by atoms with Gasteiger partial charge < -0.3 is 18.6 Å². The van der Waals surface area contributed by atoms with Crippen molar-refractivity contribution in [2.45, 2.75) is 0 Å². The third-order valence-electron chi connectivity index (χ3n) is 11.0. The molecule has 274 valence electrons. The van der Waals surface area contributed by atoms with E-state index in [4.69, 9.17) is 8.83 Å². The molecule has 58 heavy (non-hydrogen) atoms. The monoisotopic (exact) mass is 744 g/mol. The summed E-state index contributed by atoms with van der Waals surface area (Å²) in [5.41, 5.74) is 14.5. The second-order valence-corrected chi connectivity index (χ2v) is 14.6. The molecule has 11 aromatic rings. The molecule has 0 radical (unpaired) electrons. The van der Waals surface area contributed by atoms with Crippen molar-refractivity contribution in [1.82, 2.24) is 0 Å². The lowest BCUT2D eigenvalue weighted by molar-refractivity contribution is 0.668. The second-order valence-electron chi connectivity index (χ2n) is 14.6. The van der Waals surface area contributed by atoms with Crippen molar-refractivity contribution in [2.24, 2.45) is 0 Å². The summed E-state index contributed by atoms with van der Waals surface area (Å²) in [6, 6.07) is 76.8. The summed E-state index contributed by atoms with van der Waals surface area (Å²) < 4.78 is 12.6. The van der Waals surface area contributed by atoms with Crippen LogP contribution in [0.25, 0.3) is 66.1 Å². The molecule has 0 saturated heterocycles. The first-order valence-corrected chi connectivity index (χ1v) is 19.6. The van der Waals surface area contributed by atoms with Crippen LogP contribution in [0.1, 0.15) is 0 Å². The molecule has 0 spiro atoms. The van der Waals surface area contributed by atoms with Crippen LogP contribution in [-0.4, -0.2) is 0 Å². The zero-order valence-electron chi connectivity index (χ0n) is 31.5. The van der Waals surface area contributed by atoms with E-state index < -0.39 is 0 Å². The van der Waals surface area contributed by atoms with Gasteiger partial charge in [-0.25, -0.2) is 0 Å². The van der Waals surface area contributed by atoms with E-state index in [1.807, 2.05) is 24.3 Å². The van der Waals surface area contributed by atoms with Gasteiger partial charge in [0.15, 0.2) is 0 Å². The molecule has 2 heterocycles. The molecule has 0 N–H and O–H groups in total. The number of fused-ring (bicyclic) bond motifs is 6. The predicted molar refractivity (Wildman–Crippen MR) is 241 cm³/mol. The fraction of sp³-hybridized carbons (Fsp3) is 0. The number of benzene rings is 9. The van der Waals surface area contributed by atoms with Gasteiger partial charge in [-0.05, 0) is 107 Å². The minimum atomic E-state index is 0.870. The highest BCUT2D eigenvalue weighted by atomic mass is 16.3. The van der Waals surface area contributed by atoms with Gasteiger partial charge in [0.2, 0.25) is 0 Å². The van der Waals surface area contributed by atoms with Crippen molar-refractivity contribution < 1.29 is 8.83 Å². The number of hydrogen-bond donors (Lipinski definition) is 0. The lowest BCUT2D eigenvalue weighted by atomic mass is 9.99. The molecule has 4 heteroatoms. The second kappa shape index (κ2) is 14.0. The van der Waals surface area contributed by atoms with Crippen LogP contribution in [0.4, 0.5) is 34.1 Å². The smallest absolute Gasteiger partial charge is 0.137 e. The number of nitrogens with zero attached hydrogens (tertiary/aromatic N) is 2. The third kappa shape index (κ3) is 5.96. The number of para-hydroxylation sites is 4. The molecule has 0 unspecified atom stereocenters.